The van der Waals surface area contributed by atoms with Gasteiger partial charge in [-0.1, -0.05) is 0 Å². The summed E-state index contributed by atoms with van der Waals surface area (Å²) in [6.07, 6.45) is 0. The lowest BCUT2D eigenvalue weighted by atomic mass is 10.3. The van der Waals surface area contributed by atoms with E-state index in [-0.39, 0.29) is 15.5 Å². The van der Waals surface area contributed by atoms with Gasteiger partial charge >= 0.3 is 0 Å². The summed E-state index contributed by atoms with van der Waals surface area (Å²) in [6.45, 7) is 1.16. The first-order valence-corrected chi connectivity index (χ1v) is 7.86. The number of nitrogens with one attached hydrogen (secondary N) is 1. The molecule has 1 aromatic heterocycles. The molecule has 0 spiro atoms. The highest BCUT2D eigenvalue weighted by molar-refractivity contribution is 7.93. The molecule has 0 aliphatic heterocycles. The van der Waals surface area contributed by atoms with E-state index in [1.807, 2.05) is 0 Å². The average molecular weight is 319 g/mol. The lowest BCUT2D eigenvalue weighted by Crippen LogP contribution is -2.15. The van der Waals surface area contributed by atoms with Crippen LogP contribution < -0.4 is 4.72 Å². The molecule has 0 fully saturated rings. The molecule has 0 radical (unpaired) electrons. The summed E-state index contributed by atoms with van der Waals surface area (Å²) < 4.78 is 52.7. The standard InChI is InChI=1S/C12H11F2NO3S2/c1-7-6-19-11(5-16)12(7)20(17,18)15-10-3-8(13)2-9(14)4-10/h2-4,6,15-16H,5H2,1H3. The number of aliphatic hydroxyl groups is 1. The molecule has 4 nitrogen and oxygen atoms in total. The highest BCUT2D eigenvalue weighted by Crippen LogP contribution is 2.28. The maximum atomic E-state index is 13.1. The molecule has 0 atom stereocenters. The molecule has 8 heteroatoms. The predicted molar refractivity (Wildman–Crippen MR) is 72.1 cm³/mol. The van der Waals surface area contributed by atoms with Gasteiger partial charge in [0.2, 0.25) is 0 Å². The summed E-state index contributed by atoms with van der Waals surface area (Å²) in [7, 11) is -4.01. The molecule has 2 N–H and O–H groups in total. The third-order valence-electron chi connectivity index (χ3n) is 2.52. The second-order valence-corrected chi connectivity index (χ2v) is 6.68. The largest absolute Gasteiger partial charge is 0.391 e. The zero-order valence-electron chi connectivity index (χ0n) is 10.4. The first-order valence-electron chi connectivity index (χ1n) is 5.50. The average Bonchev–Trinajstić information content (AvgIpc) is 2.69. The van der Waals surface area contributed by atoms with Crippen LogP contribution in [0.1, 0.15) is 10.4 Å². The maximum absolute atomic E-state index is 13.1. The third kappa shape index (κ3) is 2.97. The minimum Gasteiger partial charge on any atom is -0.391 e. The topological polar surface area (TPSA) is 66.4 Å². The van der Waals surface area contributed by atoms with E-state index in [0.717, 1.165) is 23.5 Å². The van der Waals surface area contributed by atoms with Crippen molar-refractivity contribution in [2.24, 2.45) is 0 Å². The van der Waals surface area contributed by atoms with Crippen LogP contribution >= 0.6 is 11.3 Å². The fraction of sp³-hybridized carbons (Fsp3) is 0.167. The van der Waals surface area contributed by atoms with Gasteiger partial charge in [0.15, 0.2) is 0 Å². The van der Waals surface area contributed by atoms with Crippen molar-refractivity contribution in [3.8, 4) is 0 Å². The Hall–Kier alpha value is -1.51. The number of hydrogen-bond acceptors (Lipinski definition) is 4. The monoisotopic (exact) mass is 319 g/mol. The Morgan fingerprint density at radius 1 is 1.25 bits per heavy atom. The van der Waals surface area contributed by atoms with Gasteiger partial charge in [-0.2, -0.15) is 0 Å². The molecule has 2 rings (SSSR count). The van der Waals surface area contributed by atoms with Gasteiger partial charge in [-0.25, -0.2) is 17.2 Å². The summed E-state index contributed by atoms with van der Waals surface area (Å²) in [4.78, 5) is 0.210. The molecule has 1 aromatic carbocycles. The van der Waals surface area contributed by atoms with Gasteiger partial charge < -0.3 is 5.11 Å². The summed E-state index contributed by atoms with van der Waals surface area (Å²) in [5.41, 5.74) is 0.250. The minimum atomic E-state index is -4.01. The van der Waals surface area contributed by atoms with Gasteiger partial charge in [-0.3, -0.25) is 4.72 Å². The molecule has 20 heavy (non-hydrogen) atoms. The number of aryl methyl sites for hydroxylation is 1. The van der Waals surface area contributed by atoms with E-state index in [9.17, 15) is 17.2 Å². The Morgan fingerprint density at radius 2 is 1.85 bits per heavy atom. The molecule has 0 saturated carbocycles. The predicted octanol–water partition coefficient (Wildman–Crippen LogP) is 2.63. The van der Waals surface area contributed by atoms with Crippen LogP contribution in [-0.2, 0) is 16.6 Å². The lowest BCUT2D eigenvalue weighted by molar-refractivity contribution is 0.282. The van der Waals surface area contributed by atoms with Gasteiger partial charge in [-0.15, -0.1) is 11.3 Å². The number of halogens is 2. The quantitative estimate of drug-likeness (QED) is 0.910. The molecule has 1 heterocycles. The number of rotatable bonds is 4. The van der Waals surface area contributed by atoms with Crippen LogP contribution in [0.4, 0.5) is 14.5 Å². The van der Waals surface area contributed by atoms with Crippen LogP contribution in [0, 0.1) is 18.6 Å². The van der Waals surface area contributed by atoms with Crippen molar-refractivity contribution in [1.82, 2.24) is 0 Å². The van der Waals surface area contributed by atoms with Crippen LogP contribution in [0.3, 0.4) is 0 Å². The second-order valence-electron chi connectivity index (χ2n) is 4.09. The van der Waals surface area contributed by atoms with Crippen LogP contribution in [-0.4, -0.2) is 13.5 Å². The Balaban J connectivity index is 2.43. The highest BCUT2D eigenvalue weighted by atomic mass is 32.2. The summed E-state index contributed by atoms with van der Waals surface area (Å²) in [5, 5.41) is 10.7. The van der Waals surface area contributed by atoms with Crippen LogP contribution in [0.25, 0.3) is 0 Å². The molecular weight excluding hydrogens is 308 g/mol. The van der Waals surface area contributed by atoms with Gasteiger partial charge in [-0.05, 0) is 30.0 Å². The molecule has 0 unspecified atom stereocenters. The van der Waals surface area contributed by atoms with Crippen molar-refractivity contribution in [2.45, 2.75) is 18.4 Å². The Kier molecular flexibility index (Phi) is 4.07. The summed E-state index contributed by atoms with van der Waals surface area (Å²) >= 11 is 1.10. The Bertz CT molecular complexity index is 721. The number of aliphatic hydroxyl groups excluding tert-OH is 1. The van der Waals surface area contributed by atoms with Crippen molar-refractivity contribution < 1.29 is 22.3 Å². The first kappa shape index (κ1) is 14.9. The molecule has 0 amide bonds. The van der Waals surface area contributed by atoms with Crippen molar-refractivity contribution >= 4 is 27.0 Å². The smallest absolute Gasteiger partial charge is 0.263 e. The van der Waals surface area contributed by atoms with Crippen molar-refractivity contribution in [1.29, 1.82) is 0 Å². The zero-order valence-corrected chi connectivity index (χ0v) is 12.0. The van der Waals surface area contributed by atoms with E-state index in [2.05, 4.69) is 4.72 Å². The fourth-order valence-corrected chi connectivity index (χ4v) is 4.48. The molecular formula is C12H11F2NO3S2. The van der Waals surface area contributed by atoms with Crippen molar-refractivity contribution in [2.75, 3.05) is 4.72 Å². The number of benzene rings is 1. The van der Waals surface area contributed by atoms with E-state index in [1.54, 1.807) is 12.3 Å². The number of sulfonamides is 1. The van der Waals surface area contributed by atoms with E-state index in [4.69, 9.17) is 5.11 Å². The second kappa shape index (κ2) is 5.47. The van der Waals surface area contributed by atoms with Crippen LogP contribution in [0.2, 0.25) is 0 Å². The SMILES string of the molecule is Cc1csc(CO)c1S(=O)(=O)Nc1cc(F)cc(F)c1. The van der Waals surface area contributed by atoms with E-state index in [0.29, 0.717) is 11.6 Å². The van der Waals surface area contributed by atoms with Crippen molar-refractivity contribution in [3.63, 3.8) is 0 Å². The molecule has 2 aromatic rings. The number of thiophene rings is 1. The van der Waals surface area contributed by atoms with Crippen LogP contribution in [0.5, 0.6) is 0 Å². The van der Waals surface area contributed by atoms with E-state index in [1.165, 1.54) is 0 Å². The Morgan fingerprint density at radius 3 is 2.40 bits per heavy atom. The molecule has 0 bridgehead atoms. The van der Waals surface area contributed by atoms with Gasteiger partial charge in [0.25, 0.3) is 10.0 Å². The summed E-state index contributed by atoms with van der Waals surface area (Å²) in [6, 6.07) is 2.40. The van der Waals surface area contributed by atoms with E-state index < -0.39 is 28.3 Å². The van der Waals surface area contributed by atoms with Crippen LogP contribution in [0.15, 0.2) is 28.5 Å². The maximum Gasteiger partial charge on any atom is 0.263 e. The highest BCUT2D eigenvalue weighted by Gasteiger charge is 2.23. The minimum absolute atomic E-state index is 0.0605. The first-order chi connectivity index (χ1) is 9.33. The number of anilines is 1. The van der Waals surface area contributed by atoms with Gasteiger partial charge in [0.1, 0.15) is 16.5 Å². The molecule has 0 aliphatic rings. The molecule has 0 saturated heterocycles. The normalized spacial score (nSPS) is 11.6. The third-order valence-corrected chi connectivity index (χ3v) is 5.35. The van der Waals surface area contributed by atoms with Gasteiger partial charge in [0.05, 0.1) is 17.2 Å². The zero-order chi connectivity index (χ0) is 14.9. The fourth-order valence-electron chi connectivity index (χ4n) is 1.78. The van der Waals surface area contributed by atoms with E-state index >= 15 is 0 Å². The number of hydrogen-bond donors (Lipinski definition) is 2. The van der Waals surface area contributed by atoms with Crippen molar-refractivity contribution in [3.05, 3.63) is 45.7 Å². The Labute approximate surface area is 118 Å². The van der Waals surface area contributed by atoms with Gasteiger partial charge in [0, 0.05) is 6.07 Å². The summed E-state index contributed by atoms with van der Waals surface area (Å²) in [5.74, 6) is -1.76. The lowest BCUT2D eigenvalue weighted by Gasteiger charge is -2.09. The molecule has 0 aliphatic carbocycles. The molecule has 108 valence electrons.